The molecule has 0 radical (unpaired) electrons. The Morgan fingerprint density at radius 1 is 1.40 bits per heavy atom. The third-order valence-corrected chi connectivity index (χ3v) is 4.96. The van der Waals surface area contributed by atoms with Crippen LogP contribution in [0, 0.1) is 35.1 Å². The third kappa shape index (κ3) is 4.36. The molecular formula is C16H28O3Si. The Bertz CT molecular complexity index is 402. The summed E-state index contributed by atoms with van der Waals surface area (Å²) in [6, 6.07) is 0. The van der Waals surface area contributed by atoms with E-state index < -0.39 is 20.1 Å². The van der Waals surface area contributed by atoms with Crippen LogP contribution in [-0.2, 0) is 9.53 Å². The third-order valence-electron chi connectivity index (χ3n) is 4.06. The highest BCUT2D eigenvalue weighted by Crippen LogP contribution is 2.34. The lowest BCUT2D eigenvalue weighted by molar-refractivity contribution is -0.145. The predicted molar refractivity (Wildman–Crippen MR) is 83.7 cm³/mol. The molecule has 0 aromatic rings. The standard InChI is InChI=1S/C16H28O3Si/c1-7-11(2)15(17)14-13(10-19-16(14)18)12(3)8-9-20(4,5)6/h11-15,17H,7,10H2,1-6H3/t11-,12-,13-,14+,15+/m0/s1. The van der Waals surface area contributed by atoms with Gasteiger partial charge in [-0.1, -0.05) is 46.8 Å². The van der Waals surface area contributed by atoms with E-state index in [0.717, 1.165) is 6.42 Å². The number of esters is 1. The minimum Gasteiger partial charge on any atom is -0.465 e. The number of hydrogen-bond donors (Lipinski definition) is 1. The van der Waals surface area contributed by atoms with E-state index in [0.29, 0.717) is 6.61 Å². The molecule has 1 rings (SSSR count). The summed E-state index contributed by atoms with van der Waals surface area (Å²) in [5.74, 6) is 2.81. The maximum absolute atomic E-state index is 11.9. The van der Waals surface area contributed by atoms with Crippen LogP contribution in [0.2, 0.25) is 19.6 Å². The molecule has 20 heavy (non-hydrogen) atoms. The van der Waals surface area contributed by atoms with Crippen molar-refractivity contribution in [3.8, 4) is 11.5 Å². The molecule has 0 amide bonds. The lowest BCUT2D eigenvalue weighted by Crippen LogP contribution is -2.36. The molecule has 1 N–H and O–H groups in total. The van der Waals surface area contributed by atoms with Crippen molar-refractivity contribution in [1.82, 2.24) is 0 Å². The van der Waals surface area contributed by atoms with E-state index in [1.807, 2.05) is 20.8 Å². The topological polar surface area (TPSA) is 46.5 Å². The molecule has 0 aliphatic carbocycles. The molecule has 114 valence electrons. The Labute approximate surface area is 124 Å². The van der Waals surface area contributed by atoms with Crippen molar-refractivity contribution in [2.75, 3.05) is 6.61 Å². The fourth-order valence-corrected chi connectivity index (χ4v) is 3.09. The highest BCUT2D eigenvalue weighted by atomic mass is 28.3. The molecule has 0 bridgehead atoms. The fourth-order valence-electron chi connectivity index (χ4n) is 2.43. The van der Waals surface area contributed by atoms with Gasteiger partial charge in [0.05, 0.1) is 18.6 Å². The zero-order chi connectivity index (χ0) is 15.5. The monoisotopic (exact) mass is 296 g/mol. The minimum absolute atomic E-state index is 0.00958. The number of aliphatic hydroxyl groups excluding tert-OH is 1. The van der Waals surface area contributed by atoms with E-state index in [2.05, 4.69) is 31.1 Å². The predicted octanol–water partition coefficient (Wildman–Crippen LogP) is 2.70. The van der Waals surface area contributed by atoms with Gasteiger partial charge in [-0.3, -0.25) is 4.79 Å². The number of cyclic esters (lactones) is 1. The largest absolute Gasteiger partial charge is 0.465 e. The summed E-state index contributed by atoms with van der Waals surface area (Å²) < 4.78 is 5.19. The summed E-state index contributed by atoms with van der Waals surface area (Å²) in [5.41, 5.74) is 3.36. The second kappa shape index (κ2) is 6.78. The maximum Gasteiger partial charge on any atom is 0.312 e. The van der Waals surface area contributed by atoms with Crippen molar-refractivity contribution in [2.24, 2.45) is 23.7 Å². The molecule has 0 aromatic carbocycles. The molecule has 0 aromatic heterocycles. The Kier molecular flexibility index (Phi) is 5.85. The van der Waals surface area contributed by atoms with Gasteiger partial charge in [-0.25, -0.2) is 0 Å². The van der Waals surface area contributed by atoms with Crippen molar-refractivity contribution in [1.29, 1.82) is 0 Å². The van der Waals surface area contributed by atoms with Crippen LogP contribution in [0.15, 0.2) is 0 Å². The van der Waals surface area contributed by atoms with Gasteiger partial charge in [-0.2, -0.15) is 0 Å². The number of carbonyl (C=O) groups is 1. The first-order valence-corrected chi connectivity index (χ1v) is 11.0. The Balaban J connectivity index is 2.87. The van der Waals surface area contributed by atoms with Crippen LogP contribution in [0.3, 0.4) is 0 Å². The molecule has 0 unspecified atom stereocenters. The summed E-state index contributed by atoms with van der Waals surface area (Å²) in [4.78, 5) is 11.9. The van der Waals surface area contributed by atoms with Gasteiger partial charge in [0.15, 0.2) is 0 Å². The quantitative estimate of drug-likeness (QED) is 0.493. The molecule has 0 spiro atoms. The Hall–Kier alpha value is -0.793. The Morgan fingerprint density at radius 2 is 2.00 bits per heavy atom. The number of ether oxygens (including phenoxy) is 1. The van der Waals surface area contributed by atoms with Gasteiger partial charge in [-0.15, -0.1) is 11.5 Å². The molecule has 1 aliphatic heterocycles. The molecule has 4 heteroatoms. The Morgan fingerprint density at radius 3 is 2.50 bits per heavy atom. The van der Waals surface area contributed by atoms with E-state index in [9.17, 15) is 9.90 Å². The highest BCUT2D eigenvalue weighted by molar-refractivity contribution is 6.83. The summed E-state index contributed by atoms with van der Waals surface area (Å²) in [7, 11) is -1.42. The average molecular weight is 296 g/mol. The second-order valence-corrected chi connectivity index (χ2v) is 11.8. The van der Waals surface area contributed by atoms with Gasteiger partial charge in [-0.05, 0) is 5.92 Å². The highest BCUT2D eigenvalue weighted by Gasteiger charge is 2.45. The van der Waals surface area contributed by atoms with Crippen LogP contribution in [0.25, 0.3) is 0 Å². The maximum atomic E-state index is 11.9. The van der Waals surface area contributed by atoms with Gasteiger partial charge in [0.1, 0.15) is 8.07 Å². The van der Waals surface area contributed by atoms with E-state index in [4.69, 9.17) is 4.74 Å². The van der Waals surface area contributed by atoms with Crippen LogP contribution in [-0.4, -0.2) is 31.9 Å². The lowest BCUT2D eigenvalue weighted by Gasteiger charge is -2.26. The number of carbonyl (C=O) groups excluding carboxylic acids is 1. The first-order valence-electron chi connectivity index (χ1n) is 7.54. The molecule has 1 aliphatic rings. The van der Waals surface area contributed by atoms with E-state index in [1.54, 1.807) is 0 Å². The smallest absolute Gasteiger partial charge is 0.312 e. The second-order valence-electron chi connectivity index (χ2n) is 7.00. The van der Waals surface area contributed by atoms with Crippen molar-refractivity contribution in [3.05, 3.63) is 0 Å². The van der Waals surface area contributed by atoms with E-state index in [-0.39, 0.29) is 23.7 Å². The number of hydrogen-bond acceptors (Lipinski definition) is 3. The average Bonchev–Trinajstić information content (AvgIpc) is 2.75. The van der Waals surface area contributed by atoms with Crippen molar-refractivity contribution < 1.29 is 14.6 Å². The summed E-state index contributed by atoms with van der Waals surface area (Å²) >= 11 is 0. The lowest BCUT2D eigenvalue weighted by atomic mass is 9.78. The molecular weight excluding hydrogens is 268 g/mol. The SMILES string of the molecule is CC[C@H](C)[C@@H](O)[C@@H]1C(=O)OC[C@H]1[C@@H](C)C#C[Si](C)(C)C. The fraction of sp³-hybridized carbons (Fsp3) is 0.812. The van der Waals surface area contributed by atoms with Crippen LogP contribution >= 0.6 is 0 Å². The van der Waals surface area contributed by atoms with Gasteiger partial charge in [0.25, 0.3) is 0 Å². The summed E-state index contributed by atoms with van der Waals surface area (Å²) in [5, 5.41) is 10.4. The number of aliphatic hydroxyl groups is 1. The summed E-state index contributed by atoms with van der Waals surface area (Å²) in [6.45, 7) is 13.0. The van der Waals surface area contributed by atoms with Crippen molar-refractivity contribution in [3.63, 3.8) is 0 Å². The zero-order valence-electron chi connectivity index (χ0n) is 13.6. The summed E-state index contributed by atoms with van der Waals surface area (Å²) in [6.07, 6.45) is 0.225. The van der Waals surface area contributed by atoms with Gasteiger partial charge in [0.2, 0.25) is 0 Å². The van der Waals surface area contributed by atoms with Crippen molar-refractivity contribution >= 4 is 14.0 Å². The molecule has 5 atom stereocenters. The first-order chi connectivity index (χ1) is 9.17. The van der Waals surface area contributed by atoms with E-state index in [1.165, 1.54) is 0 Å². The molecule has 1 heterocycles. The zero-order valence-corrected chi connectivity index (χ0v) is 14.6. The molecule has 3 nitrogen and oxygen atoms in total. The van der Waals surface area contributed by atoms with Crippen LogP contribution in [0.1, 0.15) is 27.2 Å². The van der Waals surface area contributed by atoms with Gasteiger partial charge < -0.3 is 9.84 Å². The molecule has 1 fully saturated rings. The normalized spacial score (nSPS) is 27.2. The molecule has 1 saturated heterocycles. The van der Waals surface area contributed by atoms with Crippen molar-refractivity contribution in [2.45, 2.75) is 52.9 Å². The van der Waals surface area contributed by atoms with Gasteiger partial charge >= 0.3 is 5.97 Å². The number of rotatable bonds is 4. The van der Waals surface area contributed by atoms with Crippen LogP contribution in [0.5, 0.6) is 0 Å². The van der Waals surface area contributed by atoms with Crippen LogP contribution < -0.4 is 0 Å². The minimum atomic E-state index is -1.42. The van der Waals surface area contributed by atoms with E-state index >= 15 is 0 Å². The first kappa shape index (κ1) is 17.3. The molecule has 0 saturated carbocycles. The van der Waals surface area contributed by atoms with Crippen LogP contribution in [0.4, 0.5) is 0 Å². The van der Waals surface area contributed by atoms with Gasteiger partial charge in [0, 0.05) is 11.8 Å².